The summed E-state index contributed by atoms with van der Waals surface area (Å²) < 4.78 is 9.28. The minimum Gasteiger partial charge on any atom is -0.445 e. The molecule has 1 N–H and O–H groups in total. The third kappa shape index (κ3) is 3.62. The summed E-state index contributed by atoms with van der Waals surface area (Å²) in [6.07, 6.45) is -0.924. The predicted octanol–water partition coefficient (Wildman–Crippen LogP) is 1.38. The molecular weight excluding hydrogens is 220 g/mol. The number of aromatic nitrogens is 1. The van der Waals surface area contributed by atoms with Crippen molar-refractivity contribution in [2.45, 2.75) is 20.0 Å². The maximum Gasteiger partial charge on any atom is 0.364 e. The number of ether oxygens (including phenoxy) is 1. The third-order valence-electron chi connectivity index (χ3n) is 1.53. The van der Waals surface area contributed by atoms with Crippen LogP contribution in [0.3, 0.4) is 0 Å². The van der Waals surface area contributed by atoms with E-state index in [-0.39, 0.29) is 5.82 Å². The van der Waals surface area contributed by atoms with Gasteiger partial charge >= 0.3 is 5.30 Å². The first-order valence-corrected chi connectivity index (χ1v) is 4.57. The molecule has 1 aromatic rings. The summed E-state index contributed by atoms with van der Waals surface area (Å²) in [5.74, 6) is 0.356. The normalized spacial score (nSPS) is 11.9. The SMILES string of the molecule is Cc1cc(NC(=O)C(C)OC(=O)S)no1. The van der Waals surface area contributed by atoms with Gasteiger partial charge in [-0.1, -0.05) is 17.8 Å². The van der Waals surface area contributed by atoms with Gasteiger partial charge in [-0.05, 0) is 13.8 Å². The second kappa shape index (κ2) is 4.83. The minimum atomic E-state index is -0.924. The zero-order valence-corrected chi connectivity index (χ0v) is 9.08. The average molecular weight is 230 g/mol. The number of carbonyl (C=O) groups excluding carboxylic acids is 2. The number of anilines is 1. The van der Waals surface area contributed by atoms with Gasteiger partial charge in [0.05, 0.1) is 0 Å². The molecule has 0 radical (unpaired) electrons. The van der Waals surface area contributed by atoms with Crippen LogP contribution in [-0.4, -0.2) is 22.5 Å². The Hall–Kier alpha value is -1.50. The summed E-state index contributed by atoms with van der Waals surface area (Å²) >= 11 is 3.39. The van der Waals surface area contributed by atoms with Crippen LogP contribution in [-0.2, 0) is 9.53 Å². The molecule has 0 fully saturated rings. The van der Waals surface area contributed by atoms with Gasteiger partial charge < -0.3 is 14.6 Å². The smallest absolute Gasteiger partial charge is 0.364 e. The van der Waals surface area contributed by atoms with E-state index in [1.165, 1.54) is 6.92 Å². The summed E-state index contributed by atoms with van der Waals surface area (Å²) in [5, 5.41) is 5.15. The second-order valence-corrected chi connectivity index (χ2v) is 3.20. The molecule has 1 amide bonds. The highest BCUT2D eigenvalue weighted by molar-refractivity contribution is 7.96. The highest BCUT2D eigenvalue weighted by Crippen LogP contribution is 2.08. The number of amides is 1. The molecule has 0 saturated heterocycles. The van der Waals surface area contributed by atoms with Gasteiger partial charge in [-0.3, -0.25) is 4.79 Å². The number of hydrogen-bond acceptors (Lipinski definition) is 5. The van der Waals surface area contributed by atoms with Gasteiger partial charge in [-0.15, -0.1) is 0 Å². The molecule has 1 aromatic heterocycles. The van der Waals surface area contributed by atoms with Crippen LogP contribution in [0.15, 0.2) is 10.6 Å². The molecule has 0 aliphatic carbocycles. The number of hydrogen-bond donors (Lipinski definition) is 2. The molecule has 82 valence electrons. The van der Waals surface area contributed by atoms with Gasteiger partial charge in [-0.25, -0.2) is 4.79 Å². The fourth-order valence-electron chi connectivity index (χ4n) is 0.858. The fraction of sp³-hybridized carbons (Fsp3) is 0.375. The Morgan fingerprint density at radius 2 is 2.33 bits per heavy atom. The highest BCUT2D eigenvalue weighted by Gasteiger charge is 2.17. The van der Waals surface area contributed by atoms with Gasteiger partial charge in [-0.2, -0.15) is 0 Å². The molecule has 0 spiro atoms. The Labute approximate surface area is 91.4 Å². The summed E-state index contributed by atoms with van der Waals surface area (Å²) in [6, 6.07) is 1.55. The molecule has 7 heteroatoms. The van der Waals surface area contributed by atoms with Gasteiger partial charge in [0.15, 0.2) is 11.9 Å². The number of nitrogens with one attached hydrogen (secondary N) is 1. The molecule has 1 rings (SSSR count). The molecule has 6 nitrogen and oxygen atoms in total. The molecule has 0 aliphatic heterocycles. The first-order chi connectivity index (χ1) is 6.99. The molecule has 0 aromatic carbocycles. The van der Waals surface area contributed by atoms with Gasteiger partial charge in [0.25, 0.3) is 5.91 Å². The summed E-state index contributed by atoms with van der Waals surface area (Å²) in [6.45, 7) is 3.12. The third-order valence-corrected chi connectivity index (χ3v) is 1.63. The largest absolute Gasteiger partial charge is 0.445 e. The molecule has 0 saturated carbocycles. The molecule has 1 heterocycles. The lowest BCUT2D eigenvalue weighted by Crippen LogP contribution is -2.28. The molecule has 1 unspecified atom stereocenters. The Bertz CT molecular complexity index is 376. The van der Waals surface area contributed by atoms with E-state index in [0.29, 0.717) is 5.76 Å². The Kier molecular flexibility index (Phi) is 3.73. The molecule has 0 aliphatic rings. The zero-order valence-electron chi connectivity index (χ0n) is 8.18. The van der Waals surface area contributed by atoms with Crippen LogP contribution in [0.2, 0.25) is 0 Å². The van der Waals surface area contributed by atoms with Crippen LogP contribution in [0.1, 0.15) is 12.7 Å². The van der Waals surface area contributed by atoms with E-state index >= 15 is 0 Å². The van der Waals surface area contributed by atoms with Crippen molar-refractivity contribution in [2.24, 2.45) is 0 Å². The first kappa shape index (κ1) is 11.6. The second-order valence-electron chi connectivity index (χ2n) is 2.84. The Morgan fingerprint density at radius 3 is 2.80 bits per heavy atom. The van der Waals surface area contributed by atoms with E-state index in [9.17, 15) is 9.59 Å². The lowest BCUT2D eigenvalue weighted by Gasteiger charge is -2.09. The Morgan fingerprint density at radius 1 is 1.67 bits per heavy atom. The summed E-state index contributed by atoms with van der Waals surface area (Å²) in [4.78, 5) is 21.8. The zero-order chi connectivity index (χ0) is 11.4. The van der Waals surface area contributed by atoms with E-state index in [1.807, 2.05) is 0 Å². The van der Waals surface area contributed by atoms with Crippen molar-refractivity contribution in [1.82, 2.24) is 5.16 Å². The van der Waals surface area contributed by atoms with Crippen molar-refractivity contribution >= 4 is 29.7 Å². The van der Waals surface area contributed by atoms with Crippen molar-refractivity contribution in [3.8, 4) is 0 Å². The summed E-state index contributed by atoms with van der Waals surface area (Å²) in [7, 11) is 0. The van der Waals surface area contributed by atoms with Crippen LogP contribution >= 0.6 is 12.6 Å². The number of carbonyl (C=O) groups is 2. The number of nitrogens with zero attached hydrogens (tertiary/aromatic N) is 1. The van der Waals surface area contributed by atoms with Gasteiger partial charge in [0.1, 0.15) is 5.76 Å². The molecule has 1 atom stereocenters. The topological polar surface area (TPSA) is 81.4 Å². The lowest BCUT2D eigenvalue weighted by atomic mass is 10.3. The quantitative estimate of drug-likeness (QED) is 0.605. The van der Waals surface area contributed by atoms with Crippen molar-refractivity contribution < 1.29 is 18.8 Å². The maximum atomic E-state index is 11.4. The van der Waals surface area contributed by atoms with Crippen LogP contribution in [0, 0.1) is 6.92 Å². The van der Waals surface area contributed by atoms with Crippen LogP contribution < -0.4 is 5.32 Å². The Balaban J connectivity index is 2.52. The van der Waals surface area contributed by atoms with E-state index in [2.05, 4.69) is 27.8 Å². The molecule has 0 bridgehead atoms. The predicted molar refractivity (Wildman–Crippen MR) is 54.8 cm³/mol. The number of aryl methyl sites for hydroxylation is 1. The highest BCUT2D eigenvalue weighted by atomic mass is 32.1. The van der Waals surface area contributed by atoms with Crippen molar-refractivity contribution in [3.63, 3.8) is 0 Å². The standard InChI is InChI=1S/C8H10N2O4S/c1-4-3-6(10-14-4)9-7(11)5(2)13-8(12)15/h3,5H,1-2H3,(H,12,15)(H,9,10,11). The number of rotatable bonds is 3. The van der Waals surface area contributed by atoms with Crippen molar-refractivity contribution in [3.05, 3.63) is 11.8 Å². The van der Waals surface area contributed by atoms with Crippen LogP contribution in [0.25, 0.3) is 0 Å². The number of thiol groups is 1. The lowest BCUT2D eigenvalue weighted by molar-refractivity contribution is -0.123. The van der Waals surface area contributed by atoms with E-state index < -0.39 is 17.3 Å². The average Bonchev–Trinajstić information content (AvgIpc) is 2.50. The fourth-order valence-corrected chi connectivity index (χ4v) is 1.02. The van der Waals surface area contributed by atoms with E-state index in [1.54, 1.807) is 13.0 Å². The minimum absolute atomic E-state index is 0.277. The first-order valence-electron chi connectivity index (χ1n) is 4.13. The molecule has 15 heavy (non-hydrogen) atoms. The maximum absolute atomic E-state index is 11.4. The monoisotopic (exact) mass is 230 g/mol. The van der Waals surface area contributed by atoms with Crippen molar-refractivity contribution in [2.75, 3.05) is 5.32 Å². The summed E-state index contributed by atoms with van der Waals surface area (Å²) in [5.41, 5.74) is 0. The van der Waals surface area contributed by atoms with Gasteiger partial charge in [0.2, 0.25) is 0 Å². The van der Waals surface area contributed by atoms with Gasteiger partial charge in [0, 0.05) is 6.07 Å². The van der Waals surface area contributed by atoms with E-state index in [4.69, 9.17) is 4.52 Å². The van der Waals surface area contributed by atoms with Crippen LogP contribution in [0.5, 0.6) is 0 Å². The molecular formula is C8H10N2O4S. The van der Waals surface area contributed by atoms with Crippen molar-refractivity contribution in [1.29, 1.82) is 0 Å². The van der Waals surface area contributed by atoms with E-state index in [0.717, 1.165) is 0 Å². The van der Waals surface area contributed by atoms with Crippen LogP contribution in [0.4, 0.5) is 10.6 Å².